The molecule has 0 unspecified atom stereocenters. The highest BCUT2D eigenvalue weighted by Gasteiger charge is 2.08. The Morgan fingerprint density at radius 1 is 1.11 bits per heavy atom. The van der Waals surface area contributed by atoms with E-state index in [0.29, 0.717) is 12.1 Å². The van der Waals surface area contributed by atoms with Crippen molar-refractivity contribution in [2.75, 3.05) is 5.73 Å². The Bertz CT molecular complexity index is 705. The highest BCUT2D eigenvalue weighted by molar-refractivity contribution is 6.31. The fraction of sp³-hybridized carbons (Fsp3) is 0.0769. The predicted octanol–water partition coefficient (Wildman–Crippen LogP) is 2.56. The summed E-state index contributed by atoms with van der Waals surface area (Å²) in [7, 11) is 0. The van der Waals surface area contributed by atoms with Crippen molar-refractivity contribution in [3.05, 3.63) is 59.0 Å². The largest absolute Gasteiger partial charge is 0.398 e. The summed E-state index contributed by atoms with van der Waals surface area (Å²) in [5.41, 5.74) is 8.26. The molecule has 0 aliphatic carbocycles. The third kappa shape index (κ3) is 1.91. The molecule has 2 heterocycles. The van der Waals surface area contributed by atoms with E-state index in [1.807, 2.05) is 47.0 Å². The number of rotatable bonds is 2. The first-order valence-electron chi connectivity index (χ1n) is 5.56. The van der Waals surface area contributed by atoms with Crippen LogP contribution in [-0.4, -0.2) is 14.6 Å². The number of anilines is 1. The van der Waals surface area contributed by atoms with Gasteiger partial charge in [0.1, 0.15) is 5.82 Å². The van der Waals surface area contributed by atoms with Crippen molar-refractivity contribution < 1.29 is 0 Å². The molecular weight excluding hydrogens is 248 g/mol. The van der Waals surface area contributed by atoms with Crippen molar-refractivity contribution in [2.45, 2.75) is 6.42 Å². The second kappa shape index (κ2) is 4.31. The normalized spacial score (nSPS) is 10.9. The lowest BCUT2D eigenvalue weighted by molar-refractivity contribution is 0.935. The molecule has 1 aromatic carbocycles. The molecule has 0 saturated heterocycles. The van der Waals surface area contributed by atoms with Gasteiger partial charge in [0.05, 0.1) is 0 Å². The number of aromatic nitrogens is 3. The molecule has 0 fully saturated rings. The molecule has 2 N–H and O–H groups in total. The minimum Gasteiger partial charge on any atom is -0.398 e. The quantitative estimate of drug-likeness (QED) is 0.769. The SMILES string of the molecule is Nc1ccc2nnc(Cc3ccccc3Cl)n2c1. The van der Waals surface area contributed by atoms with E-state index in [2.05, 4.69) is 10.2 Å². The zero-order valence-corrected chi connectivity index (χ0v) is 10.3. The van der Waals surface area contributed by atoms with E-state index < -0.39 is 0 Å². The second-order valence-electron chi connectivity index (χ2n) is 4.08. The molecule has 0 amide bonds. The average Bonchev–Trinajstić information content (AvgIpc) is 2.75. The van der Waals surface area contributed by atoms with E-state index in [9.17, 15) is 0 Å². The van der Waals surface area contributed by atoms with Gasteiger partial charge in [-0.2, -0.15) is 0 Å². The Kier molecular flexibility index (Phi) is 2.64. The van der Waals surface area contributed by atoms with Crippen LogP contribution in [-0.2, 0) is 6.42 Å². The number of benzene rings is 1. The Morgan fingerprint density at radius 2 is 1.94 bits per heavy atom. The topological polar surface area (TPSA) is 56.2 Å². The van der Waals surface area contributed by atoms with Gasteiger partial charge in [-0.3, -0.25) is 4.40 Å². The summed E-state index contributed by atoms with van der Waals surface area (Å²) in [6.07, 6.45) is 2.45. The zero-order valence-electron chi connectivity index (χ0n) is 9.55. The monoisotopic (exact) mass is 258 g/mol. The molecule has 2 aromatic heterocycles. The first-order chi connectivity index (χ1) is 8.74. The minimum atomic E-state index is 0.629. The highest BCUT2D eigenvalue weighted by Crippen LogP contribution is 2.19. The van der Waals surface area contributed by atoms with Crippen LogP contribution < -0.4 is 5.73 Å². The third-order valence-electron chi connectivity index (χ3n) is 2.80. The molecule has 0 bridgehead atoms. The van der Waals surface area contributed by atoms with Crippen LogP contribution in [0.5, 0.6) is 0 Å². The molecule has 18 heavy (non-hydrogen) atoms. The van der Waals surface area contributed by atoms with Crippen LogP contribution in [0.15, 0.2) is 42.6 Å². The molecule has 3 rings (SSSR count). The van der Waals surface area contributed by atoms with Crippen molar-refractivity contribution in [1.29, 1.82) is 0 Å². The number of fused-ring (bicyclic) bond motifs is 1. The Hall–Kier alpha value is -2.07. The van der Waals surface area contributed by atoms with Gasteiger partial charge in [-0.05, 0) is 23.8 Å². The van der Waals surface area contributed by atoms with Crippen molar-refractivity contribution >= 4 is 22.9 Å². The number of nitrogens with zero attached hydrogens (tertiary/aromatic N) is 3. The summed E-state index contributed by atoms with van der Waals surface area (Å²) in [5, 5.41) is 9.01. The molecule has 4 nitrogen and oxygen atoms in total. The van der Waals surface area contributed by atoms with Gasteiger partial charge in [-0.25, -0.2) is 0 Å². The van der Waals surface area contributed by atoms with Gasteiger partial charge in [0.25, 0.3) is 0 Å². The number of nitrogens with two attached hydrogens (primary N) is 1. The van der Waals surface area contributed by atoms with Gasteiger partial charge in [0.2, 0.25) is 0 Å². The van der Waals surface area contributed by atoms with Gasteiger partial charge in [0.15, 0.2) is 5.65 Å². The maximum atomic E-state index is 6.14. The van der Waals surface area contributed by atoms with E-state index >= 15 is 0 Å². The number of nitrogen functional groups attached to an aromatic ring is 1. The van der Waals surface area contributed by atoms with Crippen molar-refractivity contribution in [1.82, 2.24) is 14.6 Å². The molecule has 90 valence electrons. The lowest BCUT2D eigenvalue weighted by Gasteiger charge is -2.03. The summed E-state index contributed by atoms with van der Waals surface area (Å²) in [6, 6.07) is 11.4. The number of pyridine rings is 1. The lowest BCUT2D eigenvalue weighted by Crippen LogP contribution is -1.98. The summed E-state index contributed by atoms with van der Waals surface area (Å²) in [6.45, 7) is 0. The summed E-state index contributed by atoms with van der Waals surface area (Å²) >= 11 is 6.14. The van der Waals surface area contributed by atoms with Crippen LogP contribution in [0.4, 0.5) is 5.69 Å². The average molecular weight is 259 g/mol. The van der Waals surface area contributed by atoms with E-state index in [1.54, 1.807) is 0 Å². The second-order valence-corrected chi connectivity index (χ2v) is 4.48. The Labute approximate surface area is 109 Å². The summed E-state index contributed by atoms with van der Waals surface area (Å²) in [4.78, 5) is 0. The molecule has 0 spiro atoms. The highest BCUT2D eigenvalue weighted by atomic mass is 35.5. The zero-order chi connectivity index (χ0) is 12.5. The molecule has 0 atom stereocenters. The fourth-order valence-corrected chi connectivity index (χ4v) is 2.09. The molecule has 0 aliphatic heterocycles. The summed E-state index contributed by atoms with van der Waals surface area (Å²) < 4.78 is 1.89. The smallest absolute Gasteiger partial charge is 0.160 e. The molecule has 0 aliphatic rings. The van der Waals surface area contributed by atoms with Gasteiger partial charge in [0, 0.05) is 23.3 Å². The van der Waals surface area contributed by atoms with Crippen LogP contribution in [0.1, 0.15) is 11.4 Å². The van der Waals surface area contributed by atoms with Crippen LogP contribution in [0.3, 0.4) is 0 Å². The first kappa shape index (κ1) is 11.0. The molecule has 5 heteroatoms. The minimum absolute atomic E-state index is 0.629. The Morgan fingerprint density at radius 3 is 2.78 bits per heavy atom. The standard InChI is InChI=1S/C13H11ClN4/c14-11-4-2-1-3-9(11)7-13-17-16-12-6-5-10(15)8-18(12)13/h1-6,8H,7,15H2. The summed E-state index contributed by atoms with van der Waals surface area (Å²) in [5.74, 6) is 0.824. The van der Waals surface area contributed by atoms with E-state index in [-0.39, 0.29) is 0 Å². The van der Waals surface area contributed by atoms with Crippen molar-refractivity contribution in [3.63, 3.8) is 0 Å². The Balaban J connectivity index is 2.05. The predicted molar refractivity (Wildman–Crippen MR) is 71.7 cm³/mol. The maximum Gasteiger partial charge on any atom is 0.160 e. The van der Waals surface area contributed by atoms with Crippen LogP contribution in [0, 0.1) is 0 Å². The van der Waals surface area contributed by atoms with Crippen LogP contribution in [0.2, 0.25) is 5.02 Å². The van der Waals surface area contributed by atoms with E-state index in [4.69, 9.17) is 17.3 Å². The van der Waals surface area contributed by atoms with Gasteiger partial charge < -0.3 is 5.73 Å². The molecule has 3 aromatic rings. The van der Waals surface area contributed by atoms with Gasteiger partial charge in [-0.15, -0.1) is 10.2 Å². The van der Waals surface area contributed by atoms with Crippen LogP contribution in [0.25, 0.3) is 5.65 Å². The van der Waals surface area contributed by atoms with Gasteiger partial charge >= 0.3 is 0 Å². The fourth-order valence-electron chi connectivity index (χ4n) is 1.89. The maximum absolute atomic E-state index is 6.14. The number of halogens is 1. The van der Waals surface area contributed by atoms with E-state index in [1.165, 1.54) is 0 Å². The number of hydrogen-bond donors (Lipinski definition) is 1. The number of hydrogen-bond acceptors (Lipinski definition) is 3. The van der Waals surface area contributed by atoms with Crippen molar-refractivity contribution in [2.24, 2.45) is 0 Å². The lowest BCUT2D eigenvalue weighted by atomic mass is 10.1. The van der Waals surface area contributed by atoms with Crippen LogP contribution >= 0.6 is 11.6 Å². The van der Waals surface area contributed by atoms with E-state index in [0.717, 1.165) is 22.1 Å². The van der Waals surface area contributed by atoms with Gasteiger partial charge in [-0.1, -0.05) is 29.8 Å². The molecule has 0 radical (unpaired) electrons. The molecule has 0 saturated carbocycles. The van der Waals surface area contributed by atoms with Crippen molar-refractivity contribution in [3.8, 4) is 0 Å². The first-order valence-corrected chi connectivity index (χ1v) is 5.94. The third-order valence-corrected chi connectivity index (χ3v) is 3.17. The molecular formula is C13H11ClN4.